The van der Waals surface area contributed by atoms with Crippen molar-refractivity contribution in [2.24, 2.45) is 5.92 Å². The van der Waals surface area contributed by atoms with Crippen molar-refractivity contribution < 1.29 is 27.1 Å². The number of thiophene rings is 1. The molecule has 0 saturated carbocycles. The van der Waals surface area contributed by atoms with Gasteiger partial charge in [0.15, 0.2) is 5.78 Å². The zero-order valence-corrected chi connectivity index (χ0v) is 27.4. The fourth-order valence-electron chi connectivity index (χ4n) is 5.05. The molecule has 4 rings (SSSR count). The smallest absolute Gasteiger partial charge is 0.333 e. The predicted molar refractivity (Wildman–Crippen MR) is 167 cm³/mol. The van der Waals surface area contributed by atoms with Crippen LogP contribution in [-0.2, 0) is 31.5 Å². The van der Waals surface area contributed by atoms with Crippen molar-refractivity contribution in [2.45, 2.75) is 59.2 Å². The highest BCUT2D eigenvalue weighted by Gasteiger charge is 2.36. The normalized spacial score (nSPS) is 13.1. The molecule has 0 spiro atoms. The quantitative estimate of drug-likeness (QED) is 0.213. The van der Waals surface area contributed by atoms with E-state index in [4.69, 9.17) is 9.47 Å². The minimum atomic E-state index is -3.41. The lowest BCUT2D eigenvalue weighted by molar-refractivity contribution is -0.127. The van der Waals surface area contributed by atoms with Gasteiger partial charge in [0.1, 0.15) is 42.9 Å². The number of benzene rings is 1. The van der Waals surface area contributed by atoms with Crippen LogP contribution in [-0.4, -0.2) is 58.8 Å². The van der Waals surface area contributed by atoms with Crippen LogP contribution in [0.3, 0.4) is 0 Å². The van der Waals surface area contributed by atoms with Crippen LogP contribution in [0.15, 0.2) is 46.2 Å². The average Bonchev–Trinajstić information content (AvgIpc) is 3.57. The first-order chi connectivity index (χ1) is 20.6. The van der Waals surface area contributed by atoms with E-state index in [1.54, 1.807) is 43.9 Å². The van der Waals surface area contributed by atoms with E-state index in [1.807, 2.05) is 13.8 Å². The van der Waals surface area contributed by atoms with Crippen LogP contribution in [0, 0.1) is 18.7 Å². The molecule has 3 aromatic heterocycles. The highest BCUT2D eigenvalue weighted by molar-refractivity contribution is 7.90. The van der Waals surface area contributed by atoms with E-state index >= 15 is 0 Å². The van der Waals surface area contributed by atoms with Crippen LogP contribution in [0.1, 0.15) is 51.3 Å². The summed E-state index contributed by atoms with van der Waals surface area (Å²) < 4.78 is 53.7. The molecule has 238 valence electrons. The van der Waals surface area contributed by atoms with Gasteiger partial charge in [0.2, 0.25) is 0 Å². The fourth-order valence-corrected chi connectivity index (χ4v) is 6.69. The van der Waals surface area contributed by atoms with E-state index in [0.717, 1.165) is 22.2 Å². The summed E-state index contributed by atoms with van der Waals surface area (Å²) in [5.41, 5.74) is -2.07. The number of fused-ring (bicyclic) bond motifs is 1. The number of ether oxygens (including phenoxy) is 2. The Morgan fingerprint density at radius 1 is 1.20 bits per heavy atom. The lowest BCUT2D eigenvalue weighted by atomic mass is 9.91. The summed E-state index contributed by atoms with van der Waals surface area (Å²) in [4.78, 5) is 42.3. The lowest BCUT2D eigenvalue weighted by Crippen LogP contribution is -2.53. The van der Waals surface area contributed by atoms with E-state index in [0.29, 0.717) is 15.4 Å². The van der Waals surface area contributed by atoms with E-state index in [9.17, 15) is 27.2 Å². The van der Waals surface area contributed by atoms with E-state index in [1.165, 1.54) is 29.9 Å². The van der Waals surface area contributed by atoms with Gasteiger partial charge in [-0.2, -0.15) is 5.10 Å². The number of Topliss-reactive ketones (excluding diaryl/α,β-unsaturated/α-hetero) is 1. The molecule has 0 aliphatic heterocycles. The first-order valence-electron chi connectivity index (χ1n) is 14.0. The Kier molecular flexibility index (Phi) is 9.66. The Balaban J connectivity index is 2.02. The molecule has 1 aromatic carbocycles. The summed E-state index contributed by atoms with van der Waals surface area (Å²) in [5.74, 6) is -0.937. The summed E-state index contributed by atoms with van der Waals surface area (Å²) in [6.45, 7) is 8.10. The summed E-state index contributed by atoms with van der Waals surface area (Å²) in [5, 5.41) is 5.12. The van der Waals surface area contributed by atoms with Gasteiger partial charge in [-0.15, -0.1) is 0 Å². The topological polar surface area (TPSA) is 131 Å². The van der Waals surface area contributed by atoms with Crippen molar-refractivity contribution in [3.63, 3.8) is 0 Å². The molecule has 0 aliphatic rings. The molecule has 4 aromatic rings. The van der Waals surface area contributed by atoms with Crippen LogP contribution in [0.25, 0.3) is 15.2 Å². The van der Waals surface area contributed by atoms with Crippen molar-refractivity contribution in [1.29, 1.82) is 0 Å². The number of carbonyl (C=O) groups is 1. The number of sulfone groups is 1. The Morgan fingerprint density at radius 3 is 2.50 bits per heavy atom. The van der Waals surface area contributed by atoms with E-state index in [2.05, 4.69) is 5.10 Å². The minimum Gasteiger partial charge on any atom is -0.496 e. The molecule has 0 N–H and O–H groups in total. The summed E-state index contributed by atoms with van der Waals surface area (Å²) in [6.07, 6.45) is 3.45. The van der Waals surface area contributed by atoms with Crippen molar-refractivity contribution >= 4 is 37.2 Å². The molecular weight excluding hydrogens is 611 g/mol. The van der Waals surface area contributed by atoms with Crippen LogP contribution < -0.4 is 16.0 Å². The molecule has 44 heavy (non-hydrogen) atoms. The van der Waals surface area contributed by atoms with Crippen molar-refractivity contribution in [3.8, 4) is 10.8 Å². The van der Waals surface area contributed by atoms with Gasteiger partial charge in [0, 0.05) is 36.2 Å². The average molecular weight is 649 g/mol. The highest BCUT2D eigenvalue weighted by atomic mass is 32.2. The number of hydrogen-bond acceptors (Lipinski definition) is 9. The largest absolute Gasteiger partial charge is 0.496 e. The SMILES string of the molecule is COc1ccc(F)cc1[C@H](Cn1c(=O)n(C(C)(C)C(=O)CC(C)C)c(=O)c2c(C)c(-n3cccn3)sc21)OCCS(C)(=O)=O. The van der Waals surface area contributed by atoms with Gasteiger partial charge in [-0.25, -0.2) is 26.9 Å². The Bertz CT molecular complexity index is 1910. The number of carbonyl (C=O) groups excluding carboxylic acids is 1. The fraction of sp³-hybridized carbons (Fsp3) is 0.467. The second-order valence-corrected chi connectivity index (χ2v) is 14.9. The molecule has 11 nitrogen and oxygen atoms in total. The maximum absolute atomic E-state index is 14.5. The molecule has 0 unspecified atom stereocenters. The predicted octanol–water partition coefficient (Wildman–Crippen LogP) is 4.02. The lowest BCUT2D eigenvalue weighted by Gasteiger charge is -2.28. The summed E-state index contributed by atoms with van der Waals surface area (Å²) in [6, 6.07) is 5.55. The Hall–Kier alpha value is -3.62. The van der Waals surface area contributed by atoms with Gasteiger partial charge in [-0.1, -0.05) is 25.2 Å². The number of aryl methyl sites for hydroxylation is 1. The van der Waals surface area contributed by atoms with Crippen LogP contribution in [0.4, 0.5) is 4.39 Å². The number of halogens is 1. The van der Waals surface area contributed by atoms with Crippen LogP contribution in [0.2, 0.25) is 0 Å². The highest BCUT2D eigenvalue weighted by Crippen LogP contribution is 2.34. The standard InChI is InChI=1S/C30H37FN4O7S2/c1-18(2)15-24(36)30(4,5)35-26(37)25-19(3)27(34-12-8-11-32-34)43-28(25)33(29(35)38)17-23(42-13-14-44(7,39)40)21-16-20(31)9-10-22(21)41-6/h8-12,16,18,23H,13-15,17H2,1-7H3/t23-/m0/s1. The maximum atomic E-state index is 14.5. The van der Waals surface area contributed by atoms with Gasteiger partial charge < -0.3 is 9.47 Å². The second kappa shape index (κ2) is 12.8. The van der Waals surface area contributed by atoms with Crippen molar-refractivity contribution in [1.82, 2.24) is 18.9 Å². The van der Waals surface area contributed by atoms with Gasteiger partial charge >= 0.3 is 5.69 Å². The van der Waals surface area contributed by atoms with Crippen molar-refractivity contribution in [3.05, 3.63) is 74.4 Å². The molecule has 0 radical (unpaired) electrons. The van der Waals surface area contributed by atoms with E-state index in [-0.39, 0.29) is 53.7 Å². The molecule has 14 heteroatoms. The van der Waals surface area contributed by atoms with Crippen LogP contribution in [0.5, 0.6) is 5.75 Å². The number of rotatable bonds is 13. The molecule has 0 fully saturated rings. The summed E-state index contributed by atoms with van der Waals surface area (Å²) in [7, 11) is -2.01. The number of methoxy groups -OCH3 is 1. The number of hydrogen-bond donors (Lipinski definition) is 0. The molecule has 0 saturated heterocycles. The van der Waals surface area contributed by atoms with E-state index < -0.39 is 38.5 Å². The molecule has 1 atom stereocenters. The third-order valence-corrected chi connectivity index (χ3v) is 9.61. The van der Waals surface area contributed by atoms with Crippen LogP contribution >= 0.6 is 11.3 Å². The monoisotopic (exact) mass is 648 g/mol. The summed E-state index contributed by atoms with van der Waals surface area (Å²) >= 11 is 1.16. The number of ketones is 1. The second-order valence-electron chi connectivity index (χ2n) is 11.7. The third-order valence-electron chi connectivity index (χ3n) is 7.40. The number of nitrogens with zero attached hydrogens (tertiary/aromatic N) is 4. The maximum Gasteiger partial charge on any atom is 0.333 e. The molecule has 0 amide bonds. The first kappa shape index (κ1) is 33.3. The number of aromatic nitrogens is 4. The zero-order chi connectivity index (χ0) is 32.6. The van der Waals surface area contributed by atoms with Crippen molar-refractivity contribution in [2.75, 3.05) is 25.7 Å². The first-order valence-corrected chi connectivity index (χ1v) is 16.9. The molecule has 0 bridgehead atoms. The van der Waals surface area contributed by atoms with Gasteiger partial charge in [-0.05, 0) is 51.0 Å². The van der Waals surface area contributed by atoms with Gasteiger partial charge in [0.25, 0.3) is 5.56 Å². The molecule has 0 aliphatic carbocycles. The minimum absolute atomic E-state index is 0.00852. The van der Waals surface area contributed by atoms with Gasteiger partial charge in [-0.3, -0.25) is 14.2 Å². The third kappa shape index (κ3) is 6.71. The Labute approximate surface area is 258 Å². The zero-order valence-electron chi connectivity index (χ0n) is 25.8. The molecule has 3 heterocycles. The molecular formula is C30H37FN4O7S2. The van der Waals surface area contributed by atoms with Gasteiger partial charge in [0.05, 0.1) is 31.4 Å². The Morgan fingerprint density at radius 2 is 1.91 bits per heavy atom.